The van der Waals surface area contributed by atoms with Crippen LogP contribution in [0.4, 0.5) is 0 Å². The number of benzene rings is 2. The number of hydrogen-bond donors (Lipinski definition) is 0. The molecule has 0 saturated carbocycles. The Bertz CT molecular complexity index is 776. The average Bonchev–Trinajstić information content (AvgIpc) is 2.49. The minimum Gasteiger partial charge on any atom is -0.247 e. The van der Waals surface area contributed by atoms with Crippen molar-refractivity contribution < 1.29 is 0 Å². The predicted octanol–water partition coefficient (Wildman–Crippen LogP) is 5.63. The Morgan fingerprint density at radius 2 is 1.65 bits per heavy atom. The molecular weight excluding hydrogens is 289 g/mol. The average molecular weight is 300 g/mol. The van der Waals surface area contributed by atoms with Crippen LogP contribution in [0.3, 0.4) is 0 Å². The van der Waals surface area contributed by atoms with E-state index in [1.807, 2.05) is 66.7 Å². The van der Waals surface area contributed by atoms with Crippen LogP contribution in [0.25, 0.3) is 22.0 Å². The van der Waals surface area contributed by atoms with E-state index in [2.05, 4.69) is 4.98 Å². The molecule has 0 aliphatic rings. The number of fused-ring (bicyclic) bond motifs is 1. The van der Waals surface area contributed by atoms with Gasteiger partial charge in [0.1, 0.15) is 0 Å². The van der Waals surface area contributed by atoms with Gasteiger partial charge in [0.25, 0.3) is 0 Å². The fourth-order valence-corrected chi connectivity index (χ4v) is 2.34. The van der Waals surface area contributed by atoms with E-state index in [4.69, 9.17) is 23.2 Å². The van der Waals surface area contributed by atoms with Crippen LogP contribution in [-0.2, 0) is 0 Å². The van der Waals surface area contributed by atoms with E-state index in [1.54, 1.807) is 0 Å². The molecule has 0 radical (unpaired) electrons. The van der Waals surface area contributed by atoms with Crippen LogP contribution in [0.1, 0.15) is 11.3 Å². The molecule has 2 aromatic carbocycles. The number of aromatic nitrogens is 1. The van der Waals surface area contributed by atoms with Crippen molar-refractivity contribution in [1.82, 2.24) is 4.98 Å². The van der Waals surface area contributed by atoms with Gasteiger partial charge in [0.15, 0.2) is 0 Å². The number of para-hydroxylation sites is 1. The predicted molar refractivity (Wildman–Crippen MR) is 86.9 cm³/mol. The summed E-state index contributed by atoms with van der Waals surface area (Å²) in [5.74, 6) is 0. The lowest BCUT2D eigenvalue weighted by molar-refractivity contribution is 1.37. The molecule has 0 saturated heterocycles. The fourth-order valence-electron chi connectivity index (χ4n) is 1.98. The van der Waals surface area contributed by atoms with Crippen molar-refractivity contribution >= 4 is 45.2 Å². The first kappa shape index (κ1) is 13.2. The van der Waals surface area contributed by atoms with Crippen molar-refractivity contribution in [2.45, 2.75) is 0 Å². The van der Waals surface area contributed by atoms with Crippen molar-refractivity contribution in [2.24, 2.45) is 0 Å². The zero-order chi connectivity index (χ0) is 13.9. The first-order valence-electron chi connectivity index (χ1n) is 6.21. The third-order valence-electron chi connectivity index (χ3n) is 3.01. The van der Waals surface area contributed by atoms with Crippen LogP contribution in [0.15, 0.2) is 60.7 Å². The molecule has 0 bridgehead atoms. The summed E-state index contributed by atoms with van der Waals surface area (Å²) in [6.45, 7) is 0. The van der Waals surface area contributed by atoms with Crippen LogP contribution >= 0.6 is 23.2 Å². The van der Waals surface area contributed by atoms with E-state index < -0.39 is 0 Å². The molecule has 1 heterocycles. The molecule has 98 valence electrons. The Morgan fingerprint density at radius 3 is 2.45 bits per heavy atom. The lowest BCUT2D eigenvalue weighted by Crippen LogP contribution is -1.86. The maximum Gasteiger partial charge on any atom is 0.0823 e. The van der Waals surface area contributed by atoms with Gasteiger partial charge in [0.05, 0.1) is 16.2 Å². The van der Waals surface area contributed by atoms with Gasteiger partial charge in [-0.25, -0.2) is 4.98 Å². The van der Waals surface area contributed by atoms with Gasteiger partial charge in [-0.15, -0.1) is 0 Å². The first-order valence-corrected chi connectivity index (χ1v) is 6.97. The number of nitrogens with zero attached hydrogens (tertiary/aromatic N) is 1. The summed E-state index contributed by atoms with van der Waals surface area (Å²) < 4.78 is 0. The van der Waals surface area contributed by atoms with Gasteiger partial charge in [-0.2, -0.15) is 0 Å². The Morgan fingerprint density at radius 1 is 0.900 bits per heavy atom. The Kier molecular flexibility index (Phi) is 3.72. The normalized spacial score (nSPS) is 11.8. The monoisotopic (exact) mass is 299 g/mol. The fraction of sp³-hybridized carbons (Fsp3) is 0. The van der Waals surface area contributed by atoms with E-state index in [-0.39, 0.29) is 0 Å². The summed E-state index contributed by atoms with van der Waals surface area (Å²) in [5.41, 5.74) is 2.70. The molecule has 3 rings (SSSR count). The Balaban J connectivity index is 1.99. The molecule has 3 heteroatoms. The Labute approximate surface area is 127 Å². The van der Waals surface area contributed by atoms with Crippen LogP contribution in [0, 0.1) is 0 Å². The summed E-state index contributed by atoms with van der Waals surface area (Å²) in [5, 5.41) is 2.42. The third-order valence-corrected chi connectivity index (χ3v) is 3.56. The van der Waals surface area contributed by atoms with Crippen molar-refractivity contribution in [3.8, 4) is 0 Å². The highest BCUT2D eigenvalue weighted by Crippen LogP contribution is 2.23. The van der Waals surface area contributed by atoms with Crippen LogP contribution in [-0.4, -0.2) is 4.98 Å². The van der Waals surface area contributed by atoms with E-state index in [0.29, 0.717) is 10.1 Å². The lowest BCUT2D eigenvalue weighted by atomic mass is 10.1. The van der Waals surface area contributed by atoms with Gasteiger partial charge in [-0.1, -0.05) is 59.6 Å². The second-order valence-corrected chi connectivity index (χ2v) is 5.28. The topological polar surface area (TPSA) is 12.9 Å². The molecule has 0 spiro atoms. The quantitative estimate of drug-likeness (QED) is 0.598. The third kappa shape index (κ3) is 2.84. The molecule has 0 amide bonds. The maximum absolute atomic E-state index is 6.35. The molecule has 0 N–H and O–H groups in total. The van der Waals surface area contributed by atoms with Crippen LogP contribution in [0.2, 0.25) is 5.02 Å². The molecular formula is C17H11Cl2N. The molecule has 0 fully saturated rings. The van der Waals surface area contributed by atoms with Gasteiger partial charge in [-0.05, 0) is 35.9 Å². The molecule has 0 aliphatic heterocycles. The standard InChI is InChI=1S/C17H11Cl2N/c18-14-8-5-12(6-9-14)11-15(19)17-10-7-13-3-1-2-4-16(13)20-17/h1-11H. The van der Waals surface area contributed by atoms with Gasteiger partial charge in [0.2, 0.25) is 0 Å². The molecule has 20 heavy (non-hydrogen) atoms. The highest BCUT2D eigenvalue weighted by molar-refractivity contribution is 6.51. The summed E-state index contributed by atoms with van der Waals surface area (Å²) >= 11 is 12.2. The van der Waals surface area contributed by atoms with E-state index in [0.717, 1.165) is 22.2 Å². The molecule has 0 unspecified atom stereocenters. The second kappa shape index (κ2) is 5.66. The van der Waals surface area contributed by atoms with Crippen molar-refractivity contribution in [2.75, 3.05) is 0 Å². The zero-order valence-corrected chi connectivity index (χ0v) is 12.1. The van der Waals surface area contributed by atoms with Crippen molar-refractivity contribution in [3.05, 3.63) is 76.9 Å². The lowest BCUT2D eigenvalue weighted by Gasteiger charge is -2.02. The van der Waals surface area contributed by atoms with E-state index in [1.165, 1.54) is 0 Å². The summed E-state index contributed by atoms with van der Waals surface area (Å²) in [6, 6.07) is 19.4. The molecule has 3 aromatic rings. The van der Waals surface area contributed by atoms with Gasteiger partial charge in [0, 0.05) is 10.4 Å². The Hall–Kier alpha value is -1.83. The van der Waals surface area contributed by atoms with Gasteiger partial charge < -0.3 is 0 Å². The van der Waals surface area contributed by atoms with Crippen molar-refractivity contribution in [1.29, 1.82) is 0 Å². The molecule has 0 atom stereocenters. The highest BCUT2D eigenvalue weighted by Gasteiger charge is 2.02. The smallest absolute Gasteiger partial charge is 0.0823 e. The largest absolute Gasteiger partial charge is 0.247 e. The highest BCUT2D eigenvalue weighted by atomic mass is 35.5. The maximum atomic E-state index is 6.35. The number of rotatable bonds is 2. The molecule has 0 aliphatic carbocycles. The van der Waals surface area contributed by atoms with Gasteiger partial charge in [-0.3, -0.25) is 0 Å². The summed E-state index contributed by atoms with van der Waals surface area (Å²) in [6.07, 6.45) is 1.88. The second-order valence-electron chi connectivity index (χ2n) is 4.43. The number of pyridine rings is 1. The summed E-state index contributed by atoms with van der Waals surface area (Å²) in [7, 11) is 0. The number of halogens is 2. The SMILES string of the molecule is ClC(=Cc1ccc(Cl)cc1)c1ccc2ccccc2n1. The summed E-state index contributed by atoms with van der Waals surface area (Å²) in [4.78, 5) is 4.56. The first-order chi connectivity index (χ1) is 9.72. The molecule has 1 aromatic heterocycles. The number of hydrogen-bond acceptors (Lipinski definition) is 1. The zero-order valence-electron chi connectivity index (χ0n) is 10.6. The minimum atomic E-state index is 0.609. The van der Waals surface area contributed by atoms with Crippen LogP contribution in [0.5, 0.6) is 0 Å². The van der Waals surface area contributed by atoms with Gasteiger partial charge >= 0.3 is 0 Å². The van der Waals surface area contributed by atoms with E-state index in [9.17, 15) is 0 Å². The van der Waals surface area contributed by atoms with Crippen LogP contribution < -0.4 is 0 Å². The van der Waals surface area contributed by atoms with Crippen molar-refractivity contribution in [3.63, 3.8) is 0 Å². The minimum absolute atomic E-state index is 0.609. The van der Waals surface area contributed by atoms with E-state index >= 15 is 0 Å². The molecule has 1 nitrogen and oxygen atoms in total.